The molecule has 0 spiro atoms. The molecular formula is C13H15. The van der Waals surface area contributed by atoms with Gasteiger partial charge in [0.05, 0.1) is 0 Å². The van der Waals surface area contributed by atoms with Crippen molar-refractivity contribution in [3.8, 4) is 0 Å². The van der Waals surface area contributed by atoms with Crippen molar-refractivity contribution in [1.29, 1.82) is 0 Å². The van der Waals surface area contributed by atoms with E-state index >= 15 is 0 Å². The predicted octanol–water partition coefficient (Wildman–Crippen LogP) is 3.75. The molecule has 0 heterocycles. The van der Waals surface area contributed by atoms with Gasteiger partial charge < -0.3 is 0 Å². The van der Waals surface area contributed by atoms with Crippen LogP contribution in [-0.4, -0.2) is 0 Å². The summed E-state index contributed by atoms with van der Waals surface area (Å²) >= 11 is 0. The monoisotopic (exact) mass is 171 g/mol. The molecule has 0 aromatic rings. The first-order valence-corrected chi connectivity index (χ1v) is 4.71. The van der Waals surface area contributed by atoms with Crippen LogP contribution in [0.5, 0.6) is 0 Å². The van der Waals surface area contributed by atoms with Gasteiger partial charge in [0.1, 0.15) is 0 Å². The maximum absolute atomic E-state index is 3.07. The minimum atomic E-state index is 1.03. The molecule has 1 aliphatic rings. The molecular weight excluding hydrogens is 156 g/mol. The summed E-state index contributed by atoms with van der Waals surface area (Å²) < 4.78 is 0. The fraction of sp³-hybridized carbons (Fsp3) is 0.231. The van der Waals surface area contributed by atoms with Crippen LogP contribution in [0, 0.1) is 6.08 Å². The van der Waals surface area contributed by atoms with E-state index in [1.54, 1.807) is 0 Å². The van der Waals surface area contributed by atoms with Gasteiger partial charge in [0.15, 0.2) is 0 Å². The number of hydrogen-bond acceptors (Lipinski definition) is 0. The van der Waals surface area contributed by atoms with E-state index in [0.29, 0.717) is 0 Å². The van der Waals surface area contributed by atoms with E-state index in [4.69, 9.17) is 0 Å². The number of hydrogen-bond donors (Lipinski definition) is 0. The van der Waals surface area contributed by atoms with E-state index in [-0.39, 0.29) is 0 Å². The highest BCUT2D eigenvalue weighted by Gasteiger charge is 1.76. The first kappa shape index (κ1) is 9.79. The Morgan fingerprint density at radius 3 is 2.69 bits per heavy atom. The third kappa shape index (κ3) is 5.92. The van der Waals surface area contributed by atoms with Gasteiger partial charge in [-0.3, -0.25) is 0 Å². The van der Waals surface area contributed by atoms with Crippen molar-refractivity contribution in [2.24, 2.45) is 0 Å². The van der Waals surface area contributed by atoms with Crippen molar-refractivity contribution in [3.05, 3.63) is 60.8 Å². The van der Waals surface area contributed by atoms with Gasteiger partial charge in [-0.1, -0.05) is 54.7 Å². The van der Waals surface area contributed by atoms with Gasteiger partial charge in [-0.25, -0.2) is 0 Å². The topological polar surface area (TPSA) is 0 Å². The van der Waals surface area contributed by atoms with Gasteiger partial charge in [0.2, 0.25) is 0 Å². The molecule has 0 saturated heterocycles. The first-order valence-electron chi connectivity index (χ1n) is 4.71. The Hall–Kier alpha value is -1.30. The lowest BCUT2D eigenvalue weighted by atomic mass is 10.2. The summed E-state index contributed by atoms with van der Waals surface area (Å²) in [6.07, 6.45) is 25.0. The molecule has 0 aromatic heterocycles. The van der Waals surface area contributed by atoms with Crippen molar-refractivity contribution in [1.82, 2.24) is 0 Å². The van der Waals surface area contributed by atoms with E-state index in [2.05, 4.69) is 36.5 Å². The van der Waals surface area contributed by atoms with Crippen molar-refractivity contribution < 1.29 is 0 Å². The van der Waals surface area contributed by atoms with Crippen LogP contribution in [0.2, 0.25) is 0 Å². The fourth-order valence-corrected chi connectivity index (χ4v) is 1.02. The Morgan fingerprint density at radius 1 is 0.769 bits per heavy atom. The molecule has 0 nitrogen and oxygen atoms in total. The molecule has 0 amide bonds. The van der Waals surface area contributed by atoms with Gasteiger partial charge in [-0.2, -0.15) is 0 Å². The molecule has 0 N–H and O–H groups in total. The predicted molar refractivity (Wildman–Crippen MR) is 58.2 cm³/mol. The van der Waals surface area contributed by atoms with Crippen LogP contribution in [0.25, 0.3) is 0 Å². The smallest absolute Gasteiger partial charge is 0.0166 e. The summed E-state index contributed by atoms with van der Waals surface area (Å²) in [7, 11) is 0. The summed E-state index contributed by atoms with van der Waals surface area (Å²) in [6.45, 7) is 0. The first-order chi connectivity index (χ1) is 6.50. The standard InChI is InChI=1S/C13H15/c1-2-4-6-8-10-12-13-11-9-7-5-3-1/h1-5,8-11H,6,12-13H2/b3-1-,4-2+,7-5?,10-8+,11-9+. The third-order valence-corrected chi connectivity index (χ3v) is 1.70. The molecule has 1 radical (unpaired) electrons. The van der Waals surface area contributed by atoms with E-state index < -0.39 is 0 Å². The Kier molecular flexibility index (Phi) is 5.54. The zero-order valence-corrected chi connectivity index (χ0v) is 7.82. The van der Waals surface area contributed by atoms with Gasteiger partial charge in [0.25, 0.3) is 0 Å². The molecule has 1 rings (SSSR count). The van der Waals surface area contributed by atoms with Gasteiger partial charge >= 0.3 is 0 Å². The van der Waals surface area contributed by atoms with Crippen molar-refractivity contribution in [2.75, 3.05) is 0 Å². The zero-order valence-electron chi connectivity index (χ0n) is 7.82. The highest BCUT2D eigenvalue weighted by molar-refractivity contribution is 5.13. The van der Waals surface area contributed by atoms with E-state index in [0.717, 1.165) is 19.3 Å². The molecule has 0 bridgehead atoms. The van der Waals surface area contributed by atoms with Gasteiger partial charge in [0, 0.05) is 0 Å². The Morgan fingerprint density at radius 2 is 1.69 bits per heavy atom. The molecule has 1 aliphatic carbocycles. The molecule has 0 fully saturated rings. The second-order valence-electron chi connectivity index (χ2n) is 2.83. The van der Waals surface area contributed by atoms with Crippen LogP contribution in [0.15, 0.2) is 54.7 Å². The van der Waals surface area contributed by atoms with E-state index in [1.165, 1.54) is 0 Å². The van der Waals surface area contributed by atoms with E-state index in [1.807, 2.05) is 24.3 Å². The molecule has 0 aliphatic heterocycles. The Bertz CT molecular complexity index is 249. The lowest BCUT2D eigenvalue weighted by Crippen LogP contribution is -1.64. The van der Waals surface area contributed by atoms with Crippen LogP contribution in [0.4, 0.5) is 0 Å². The lowest BCUT2D eigenvalue weighted by molar-refractivity contribution is 1.04. The Labute approximate surface area is 80.7 Å². The molecule has 0 aromatic carbocycles. The zero-order chi connectivity index (χ0) is 9.19. The Balaban J connectivity index is 2.50. The quantitative estimate of drug-likeness (QED) is 0.487. The fourth-order valence-electron chi connectivity index (χ4n) is 1.02. The molecule has 0 atom stereocenters. The van der Waals surface area contributed by atoms with Crippen molar-refractivity contribution in [2.45, 2.75) is 19.3 Å². The summed E-state index contributed by atoms with van der Waals surface area (Å²) in [4.78, 5) is 0. The largest absolute Gasteiger partial charge is 0.0879 e. The highest BCUT2D eigenvalue weighted by Crippen LogP contribution is 1.96. The summed E-state index contributed by atoms with van der Waals surface area (Å²) in [5, 5.41) is 0. The molecule has 13 heavy (non-hydrogen) atoms. The summed E-state index contributed by atoms with van der Waals surface area (Å²) in [5.74, 6) is 0. The third-order valence-electron chi connectivity index (χ3n) is 1.70. The van der Waals surface area contributed by atoms with Crippen LogP contribution in [0.3, 0.4) is 0 Å². The highest BCUT2D eigenvalue weighted by atomic mass is 13.8. The lowest BCUT2D eigenvalue weighted by Gasteiger charge is -1.84. The summed E-state index contributed by atoms with van der Waals surface area (Å²) in [6, 6.07) is 0. The van der Waals surface area contributed by atoms with Crippen LogP contribution >= 0.6 is 0 Å². The molecule has 0 unspecified atom stereocenters. The maximum atomic E-state index is 3.07. The van der Waals surface area contributed by atoms with Crippen LogP contribution in [0.1, 0.15) is 19.3 Å². The number of allylic oxidation sites excluding steroid dienone is 10. The van der Waals surface area contributed by atoms with Crippen LogP contribution in [-0.2, 0) is 0 Å². The minimum Gasteiger partial charge on any atom is -0.0879 e. The molecule has 67 valence electrons. The van der Waals surface area contributed by atoms with Gasteiger partial charge in [-0.15, -0.1) is 0 Å². The number of rotatable bonds is 0. The molecule has 0 heteroatoms. The average Bonchev–Trinajstić information content (AvgIpc) is 2.18. The molecule has 0 saturated carbocycles. The average molecular weight is 171 g/mol. The minimum absolute atomic E-state index is 1.03. The van der Waals surface area contributed by atoms with Crippen molar-refractivity contribution >= 4 is 0 Å². The SMILES string of the molecule is [C]1=C/C=C\C=C\C/C=C/CC/C=C/1. The second kappa shape index (κ2) is 7.35. The summed E-state index contributed by atoms with van der Waals surface area (Å²) in [5.41, 5.74) is 0. The van der Waals surface area contributed by atoms with Crippen molar-refractivity contribution in [3.63, 3.8) is 0 Å². The second-order valence-corrected chi connectivity index (χ2v) is 2.83. The van der Waals surface area contributed by atoms with Crippen LogP contribution < -0.4 is 0 Å². The maximum Gasteiger partial charge on any atom is -0.0166 e. The normalized spacial score (nSPS) is 30.2. The van der Waals surface area contributed by atoms with Gasteiger partial charge in [-0.05, 0) is 25.3 Å². The van der Waals surface area contributed by atoms with E-state index in [9.17, 15) is 0 Å².